The average molecular weight is 317 g/mol. The molecule has 0 bridgehead atoms. The van der Waals surface area contributed by atoms with Gasteiger partial charge in [0.15, 0.2) is 0 Å². The molecule has 0 aliphatic carbocycles. The zero-order chi connectivity index (χ0) is 16.6. The normalized spacial score (nSPS) is 10.9. The Morgan fingerprint density at radius 2 is 2.22 bits per heavy atom. The highest BCUT2D eigenvalue weighted by Crippen LogP contribution is 2.31. The van der Waals surface area contributed by atoms with Crippen LogP contribution >= 0.6 is 0 Å². The Hall–Kier alpha value is -3.10. The number of benzene rings is 1. The summed E-state index contributed by atoms with van der Waals surface area (Å²) in [6.07, 6.45) is 0.418. The van der Waals surface area contributed by atoms with Gasteiger partial charge in [-0.2, -0.15) is 10.1 Å². The quantitative estimate of drug-likeness (QED) is 0.585. The lowest BCUT2D eigenvalue weighted by Gasteiger charge is -1.97. The predicted octanol–water partition coefficient (Wildman–Crippen LogP) is 3.04. The van der Waals surface area contributed by atoms with Crippen molar-refractivity contribution < 1.29 is 13.8 Å². The molecule has 0 aliphatic rings. The Labute approximate surface area is 129 Å². The molecule has 0 aliphatic heterocycles. The second kappa shape index (κ2) is 5.59. The molecule has 8 nitrogen and oxygen atoms in total. The molecule has 0 saturated heterocycles. The van der Waals surface area contributed by atoms with Gasteiger partial charge in [-0.3, -0.25) is 15.2 Å². The smallest absolute Gasteiger partial charge is 0.322 e. The van der Waals surface area contributed by atoms with Crippen molar-refractivity contribution in [1.29, 1.82) is 0 Å². The van der Waals surface area contributed by atoms with E-state index in [1.165, 1.54) is 12.1 Å². The van der Waals surface area contributed by atoms with Crippen LogP contribution in [0.15, 0.2) is 22.7 Å². The lowest BCUT2D eigenvalue weighted by atomic mass is 10.1. The van der Waals surface area contributed by atoms with Crippen molar-refractivity contribution in [3.05, 3.63) is 45.4 Å². The first-order valence-electron chi connectivity index (χ1n) is 6.83. The van der Waals surface area contributed by atoms with Crippen LogP contribution in [-0.2, 0) is 6.42 Å². The summed E-state index contributed by atoms with van der Waals surface area (Å²) in [6.45, 7) is 3.39. The van der Waals surface area contributed by atoms with Crippen LogP contribution < -0.4 is 0 Å². The third-order valence-electron chi connectivity index (χ3n) is 3.39. The number of aryl methyl sites for hydroxylation is 2. The molecule has 118 valence electrons. The van der Waals surface area contributed by atoms with Crippen LogP contribution in [-0.4, -0.2) is 25.3 Å². The first-order chi connectivity index (χ1) is 11.0. The average Bonchev–Trinajstić information content (AvgIpc) is 3.15. The minimum absolute atomic E-state index is 0.00978. The molecule has 1 aromatic carbocycles. The summed E-state index contributed by atoms with van der Waals surface area (Å²) in [7, 11) is 0. The van der Waals surface area contributed by atoms with E-state index < -0.39 is 4.92 Å². The van der Waals surface area contributed by atoms with Crippen LogP contribution in [0.25, 0.3) is 23.0 Å². The summed E-state index contributed by atoms with van der Waals surface area (Å²) in [6, 6.07) is 4.38. The van der Waals surface area contributed by atoms with E-state index in [4.69, 9.17) is 4.52 Å². The number of hydrogen-bond acceptors (Lipinski definition) is 6. The van der Waals surface area contributed by atoms with Crippen LogP contribution in [0, 0.1) is 22.9 Å². The van der Waals surface area contributed by atoms with Crippen LogP contribution in [0.4, 0.5) is 10.1 Å². The molecule has 2 heterocycles. The van der Waals surface area contributed by atoms with Crippen molar-refractivity contribution in [2.45, 2.75) is 20.3 Å². The highest BCUT2D eigenvalue weighted by atomic mass is 19.1. The summed E-state index contributed by atoms with van der Waals surface area (Å²) >= 11 is 0. The maximum Gasteiger partial charge on any atom is 0.322 e. The monoisotopic (exact) mass is 317 g/mol. The minimum atomic E-state index is -0.538. The molecular weight excluding hydrogens is 305 g/mol. The highest BCUT2D eigenvalue weighted by molar-refractivity contribution is 5.66. The highest BCUT2D eigenvalue weighted by Gasteiger charge is 2.28. The summed E-state index contributed by atoms with van der Waals surface area (Å²) < 4.78 is 18.4. The molecule has 0 spiro atoms. The van der Waals surface area contributed by atoms with Crippen molar-refractivity contribution in [1.82, 2.24) is 20.3 Å². The lowest BCUT2D eigenvalue weighted by molar-refractivity contribution is -0.384. The predicted molar refractivity (Wildman–Crippen MR) is 78.0 cm³/mol. The van der Waals surface area contributed by atoms with Crippen molar-refractivity contribution in [2.75, 3.05) is 0 Å². The third-order valence-corrected chi connectivity index (χ3v) is 3.39. The van der Waals surface area contributed by atoms with E-state index in [2.05, 4.69) is 20.3 Å². The number of nitrogens with one attached hydrogen (secondary N) is 1. The Bertz CT molecular complexity index is 886. The van der Waals surface area contributed by atoms with Gasteiger partial charge in [0, 0.05) is 5.56 Å². The van der Waals surface area contributed by atoms with Gasteiger partial charge in [-0.15, -0.1) is 0 Å². The van der Waals surface area contributed by atoms with Gasteiger partial charge in [-0.25, -0.2) is 4.39 Å². The van der Waals surface area contributed by atoms with Gasteiger partial charge in [0.05, 0.1) is 4.92 Å². The molecule has 0 radical (unpaired) electrons. The second-order valence-corrected chi connectivity index (χ2v) is 4.90. The van der Waals surface area contributed by atoms with Gasteiger partial charge < -0.3 is 4.52 Å². The van der Waals surface area contributed by atoms with Crippen molar-refractivity contribution in [3.63, 3.8) is 0 Å². The molecule has 3 aromatic rings. The fourth-order valence-corrected chi connectivity index (χ4v) is 2.19. The van der Waals surface area contributed by atoms with E-state index in [0.29, 0.717) is 23.2 Å². The Morgan fingerprint density at radius 3 is 2.87 bits per heavy atom. The zero-order valence-electron chi connectivity index (χ0n) is 12.3. The molecule has 2 aromatic heterocycles. The van der Waals surface area contributed by atoms with E-state index >= 15 is 0 Å². The maximum atomic E-state index is 13.3. The minimum Gasteiger partial charge on any atom is -0.332 e. The number of aromatic nitrogens is 4. The Morgan fingerprint density at radius 1 is 1.43 bits per heavy atom. The number of H-pyrrole nitrogens is 1. The Balaban J connectivity index is 2.04. The van der Waals surface area contributed by atoms with E-state index in [9.17, 15) is 14.5 Å². The van der Waals surface area contributed by atoms with Gasteiger partial charge in [0.2, 0.25) is 11.5 Å². The fourth-order valence-electron chi connectivity index (χ4n) is 2.19. The first kappa shape index (κ1) is 14.8. The molecule has 23 heavy (non-hydrogen) atoms. The van der Waals surface area contributed by atoms with Gasteiger partial charge in [-0.05, 0) is 37.1 Å². The largest absolute Gasteiger partial charge is 0.332 e. The topological polar surface area (TPSA) is 111 Å². The van der Waals surface area contributed by atoms with Crippen molar-refractivity contribution >= 4 is 5.69 Å². The van der Waals surface area contributed by atoms with Gasteiger partial charge in [-0.1, -0.05) is 12.1 Å². The number of nitrogens with zero attached hydrogens (tertiary/aromatic N) is 4. The first-order valence-corrected chi connectivity index (χ1v) is 6.83. The lowest BCUT2D eigenvalue weighted by Crippen LogP contribution is -1.93. The Kier molecular flexibility index (Phi) is 3.61. The van der Waals surface area contributed by atoms with Crippen molar-refractivity contribution in [3.8, 4) is 23.0 Å². The molecule has 0 atom stereocenters. The van der Waals surface area contributed by atoms with Gasteiger partial charge >= 0.3 is 5.69 Å². The number of hydrogen-bond donors (Lipinski definition) is 1. The molecule has 0 saturated carbocycles. The second-order valence-electron chi connectivity index (χ2n) is 4.90. The van der Waals surface area contributed by atoms with Crippen LogP contribution in [0.5, 0.6) is 0 Å². The molecule has 3 rings (SSSR count). The number of rotatable bonds is 4. The molecular formula is C14H12FN5O3. The van der Waals surface area contributed by atoms with Gasteiger partial charge in [0.25, 0.3) is 5.89 Å². The maximum absolute atomic E-state index is 13.3. The molecule has 9 heteroatoms. The zero-order valence-corrected chi connectivity index (χ0v) is 12.3. The summed E-state index contributed by atoms with van der Waals surface area (Å²) in [4.78, 5) is 14.8. The molecule has 1 N–H and O–H groups in total. The van der Waals surface area contributed by atoms with Crippen LogP contribution in [0.1, 0.15) is 18.2 Å². The van der Waals surface area contributed by atoms with E-state index in [1.807, 2.05) is 0 Å². The molecule has 0 amide bonds. The standard InChI is InChI=1S/C14H12FN5O3/c1-3-10-12(20(21)22)11(18-17-10)14-16-13(19-23-14)8-4-5-9(15)7(2)6-8/h4-6H,3H2,1-2H3,(H,17,18). The van der Waals surface area contributed by atoms with E-state index in [-0.39, 0.29) is 28.9 Å². The summed E-state index contributed by atoms with van der Waals surface area (Å²) in [5.74, 6) is -0.198. The molecule has 0 fully saturated rings. The van der Waals surface area contributed by atoms with Crippen LogP contribution in [0.2, 0.25) is 0 Å². The molecule has 0 unspecified atom stereocenters. The van der Waals surface area contributed by atoms with E-state index in [1.54, 1.807) is 19.9 Å². The fraction of sp³-hybridized carbons (Fsp3) is 0.214. The number of aromatic amines is 1. The van der Waals surface area contributed by atoms with Gasteiger partial charge in [0.1, 0.15) is 11.5 Å². The van der Waals surface area contributed by atoms with Crippen LogP contribution in [0.3, 0.4) is 0 Å². The number of nitro groups is 1. The SMILES string of the molecule is CCc1[nH]nc(-c2nc(-c3ccc(F)c(C)c3)no2)c1[N+](=O)[O-]. The summed E-state index contributed by atoms with van der Waals surface area (Å²) in [5, 5.41) is 21.5. The van der Waals surface area contributed by atoms with E-state index in [0.717, 1.165) is 0 Å². The van der Waals surface area contributed by atoms with Crippen molar-refractivity contribution in [2.24, 2.45) is 0 Å². The third kappa shape index (κ3) is 2.56. The number of halogens is 1. The summed E-state index contributed by atoms with van der Waals surface area (Å²) in [5.41, 5.74) is 1.17.